The van der Waals surface area contributed by atoms with E-state index in [9.17, 15) is 14.4 Å². The Morgan fingerprint density at radius 1 is 0.879 bits per heavy atom. The second-order valence-electron chi connectivity index (χ2n) is 7.00. The summed E-state index contributed by atoms with van der Waals surface area (Å²) in [7, 11) is 0. The van der Waals surface area contributed by atoms with Crippen LogP contribution in [0.1, 0.15) is 27.1 Å². The highest BCUT2D eigenvalue weighted by molar-refractivity contribution is 7.13. The average Bonchev–Trinajstić information content (AvgIpc) is 3.53. The SMILES string of the molecule is O=C(CCn1ccnc1)Nc1cccc(C(=O)Nc2ccc(C(=O)Nc3nccs3)cc2)c1. The van der Waals surface area contributed by atoms with Crippen molar-refractivity contribution in [1.82, 2.24) is 14.5 Å². The van der Waals surface area contributed by atoms with Gasteiger partial charge in [0.25, 0.3) is 11.8 Å². The van der Waals surface area contributed by atoms with Crippen molar-refractivity contribution in [2.24, 2.45) is 0 Å². The second-order valence-corrected chi connectivity index (χ2v) is 7.90. The maximum Gasteiger partial charge on any atom is 0.257 e. The van der Waals surface area contributed by atoms with Gasteiger partial charge in [0.1, 0.15) is 0 Å². The van der Waals surface area contributed by atoms with Gasteiger partial charge in [-0.2, -0.15) is 0 Å². The molecule has 0 aliphatic heterocycles. The summed E-state index contributed by atoms with van der Waals surface area (Å²) >= 11 is 1.33. The summed E-state index contributed by atoms with van der Waals surface area (Å²) in [6, 6.07) is 13.2. The highest BCUT2D eigenvalue weighted by Crippen LogP contribution is 2.17. The normalized spacial score (nSPS) is 10.4. The summed E-state index contributed by atoms with van der Waals surface area (Å²) in [6.45, 7) is 0.518. The molecule has 2 heterocycles. The van der Waals surface area contributed by atoms with Crippen molar-refractivity contribution >= 4 is 45.6 Å². The fourth-order valence-electron chi connectivity index (χ4n) is 2.97. The number of carbonyl (C=O) groups is 3. The molecule has 0 aliphatic carbocycles. The van der Waals surface area contributed by atoms with E-state index in [0.717, 1.165) is 0 Å². The third kappa shape index (κ3) is 6.11. The number of thiazole rings is 1. The van der Waals surface area contributed by atoms with E-state index >= 15 is 0 Å². The Morgan fingerprint density at radius 3 is 2.42 bits per heavy atom. The number of amides is 3. The molecule has 33 heavy (non-hydrogen) atoms. The number of hydrogen-bond donors (Lipinski definition) is 3. The van der Waals surface area contributed by atoms with E-state index in [-0.39, 0.29) is 24.1 Å². The van der Waals surface area contributed by atoms with Gasteiger partial charge in [0.2, 0.25) is 5.91 Å². The quantitative estimate of drug-likeness (QED) is 0.369. The van der Waals surface area contributed by atoms with E-state index in [1.165, 1.54) is 11.3 Å². The first kappa shape index (κ1) is 21.9. The van der Waals surface area contributed by atoms with Gasteiger partial charge in [0.05, 0.1) is 6.33 Å². The number of carbonyl (C=O) groups excluding carboxylic acids is 3. The molecule has 4 aromatic rings. The third-order valence-corrected chi connectivity index (χ3v) is 5.31. The minimum atomic E-state index is -0.329. The van der Waals surface area contributed by atoms with Crippen molar-refractivity contribution in [3.8, 4) is 0 Å². The number of nitrogens with zero attached hydrogens (tertiary/aromatic N) is 3. The first-order valence-electron chi connectivity index (χ1n) is 10.0. The van der Waals surface area contributed by atoms with E-state index < -0.39 is 0 Å². The van der Waals surface area contributed by atoms with Crippen LogP contribution in [-0.2, 0) is 11.3 Å². The summed E-state index contributed by atoms with van der Waals surface area (Å²) in [5.41, 5.74) is 1.92. The van der Waals surface area contributed by atoms with Gasteiger partial charge in [-0.3, -0.25) is 19.7 Å². The second kappa shape index (κ2) is 10.3. The van der Waals surface area contributed by atoms with Gasteiger partial charge in [-0.05, 0) is 42.5 Å². The highest BCUT2D eigenvalue weighted by atomic mass is 32.1. The number of benzene rings is 2. The van der Waals surface area contributed by atoms with Gasteiger partial charge in [0.15, 0.2) is 5.13 Å². The number of imidazole rings is 1. The van der Waals surface area contributed by atoms with Gasteiger partial charge >= 0.3 is 0 Å². The lowest BCUT2D eigenvalue weighted by molar-refractivity contribution is -0.116. The molecular formula is C23H20N6O3S. The van der Waals surface area contributed by atoms with Crippen molar-refractivity contribution in [3.05, 3.63) is 90.0 Å². The standard InChI is InChI=1S/C23H20N6O3S/c30-20(8-11-29-12-9-24-15-29)26-19-3-1-2-17(14-19)22(32)27-18-6-4-16(5-7-18)21(31)28-23-25-10-13-33-23/h1-7,9-10,12-15H,8,11H2,(H,26,30)(H,27,32)(H,25,28,31). The number of anilines is 3. The van der Waals surface area contributed by atoms with Crippen molar-refractivity contribution < 1.29 is 14.4 Å². The van der Waals surface area contributed by atoms with Gasteiger partial charge in [-0.1, -0.05) is 6.07 Å². The fourth-order valence-corrected chi connectivity index (χ4v) is 3.50. The summed E-state index contributed by atoms with van der Waals surface area (Å²) in [5.74, 6) is -0.767. The molecule has 0 aliphatic rings. The van der Waals surface area contributed by atoms with E-state index in [1.54, 1.807) is 78.8 Å². The van der Waals surface area contributed by atoms with Crippen LogP contribution in [0.3, 0.4) is 0 Å². The number of aryl methyl sites for hydroxylation is 1. The first-order valence-corrected chi connectivity index (χ1v) is 10.9. The molecular weight excluding hydrogens is 440 g/mol. The van der Waals surface area contributed by atoms with Crippen LogP contribution in [0.4, 0.5) is 16.5 Å². The largest absolute Gasteiger partial charge is 0.337 e. The molecule has 2 aromatic carbocycles. The molecule has 0 bridgehead atoms. The predicted molar refractivity (Wildman–Crippen MR) is 126 cm³/mol. The molecule has 0 radical (unpaired) electrons. The summed E-state index contributed by atoms with van der Waals surface area (Å²) < 4.78 is 1.82. The number of rotatable bonds is 8. The van der Waals surface area contributed by atoms with Crippen LogP contribution in [-0.4, -0.2) is 32.3 Å². The summed E-state index contributed by atoms with van der Waals surface area (Å²) in [6.07, 6.45) is 7.00. The zero-order valence-electron chi connectivity index (χ0n) is 17.4. The molecule has 3 N–H and O–H groups in total. The Bertz CT molecular complexity index is 1240. The summed E-state index contributed by atoms with van der Waals surface area (Å²) in [4.78, 5) is 45.0. The van der Waals surface area contributed by atoms with Gasteiger partial charge < -0.3 is 15.2 Å². The van der Waals surface area contributed by atoms with E-state index in [1.807, 2.05) is 4.57 Å². The van der Waals surface area contributed by atoms with Crippen LogP contribution in [0.25, 0.3) is 0 Å². The minimum absolute atomic E-state index is 0.159. The molecule has 3 amide bonds. The Morgan fingerprint density at radius 2 is 1.70 bits per heavy atom. The zero-order valence-corrected chi connectivity index (χ0v) is 18.2. The average molecular weight is 461 g/mol. The topological polar surface area (TPSA) is 118 Å². The maximum atomic E-state index is 12.6. The van der Waals surface area contributed by atoms with Crippen molar-refractivity contribution in [2.45, 2.75) is 13.0 Å². The Kier molecular flexibility index (Phi) is 6.86. The van der Waals surface area contributed by atoms with Crippen LogP contribution in [0.15, 0.2) is 78.8 Å². The molecule has 0 atom stereocenters. The number of aromatic nitrogens is 3. The molecule has 0 spiro atoms. The summed E-state index contributed by atoms with van der Waals surface area (Å²) in [5, 5.41) is 10.6. The van der Waals surface area contributed by atoms with Gasteiger partial charge in [0, 0.05) is 59.4 Å². The first-order chi connectivity index (χ1) is 16.1. The van der Waals surface area contributed by atoms with Gasteiger partial charge in [-0.15, -0.1) is 11.3 Å². The molecule has 2 aromatic heterocycles. The lowest BCUT2D eigenvalue weighted by atomic mass is 10.1. The molecule has 9 nitrogen and oxygen atoms in total. The minimum Gasteiger partial charge on any atom is -0.337 e. The van der Waals surface area contributed by atoms with Crippen molar-refractivity contribution in [3.63, 3.8) is 0 Å². The van der Waals surface area contributed by atoms with Crippen LogP contribution in [0, 0.1) is 0 Å². The fraction of sp³-hybridized carbons (Fsp3) is 0.0870. The maximum absolute atomic E-state index is 12.6. The van der Waals surface area contributed by atoms with Crippen molar-refractivity contribution in [1.29, 1.82) is 0 Å². The third-order valence-electron chi connectivity index (χ3n) is 4.62. The lowest BCUT2D eigenvalue weighted by Gasteiger charge is -2.09. The lowest BCUT2D eigenvalue weighted by Crippen LogP contribution is -2.16. The van der Waals surface area contributed by atoms with E-state index in [2.05, 4.69) is 25.9 Å². The van der Waals surface area contributed by atoms with Crippen LogP contribution in [0.5, 0.6) is 0 Å². The van der Waals surface area contributed by atoms with Crippen LogP contribution >= 0.6 is 11.3 Å². The molecule has 0 unspecified atom stereocenters. The monoisotopic (exact) mass is 460 g/mol. The number of nitrogens with one attached hydrogen (secondary N) is 3. The molecule has 10 heteroatoms. The van der Waals surface area contributed by atoms with E-state index in [0.29, 0.717) is 34.2 Å². The number of hydrogen-bond acceptors (Lipinski definition) is 6. The van der Waals surface area contributed by atoms with E-state index in [4.69, 9.17) is 0 Å². The molecule has 166 valence electrons. The molecule has 0 fully saturated rings. The molecule has 0 saturated carbocycles. The molecule has 0 saturated heterocycles. The van der Waals surface area contributed by atoms with Crippen LogP contribution < -0.4 is 16.0 Å². The van der Waals surface area contributed by atoms with Crippen LogP contribution in [0.2, 0.25) is 0 Å². The molecule has 4 rings (SSSR count). The highest BCUT2D eigenvalue weighted by Gasteiger charge is 2.11. The smallest absolute Gasteiger partial charge is 0.257 e. The Labute approximate surface area is 193 Å². The van der Waals surface area contributed by atoms with Gasteiger partial charge in [-0.25, -0.2) is 9.97 Å². The predicted octanol–water partition coefficient (Wildman–Crippen LogP) is 3.87. The zero-order chi connectivity index (χ0) is 23.0. The Hall–Kier alpha value is -4.31. The Balaban J connectivity index is 1.32. The van der Waals surface area contributed by atoms with Crippen molar-refractivity contribution in [2.75, 3.05) is 16.0 Å².